The minimum atomic E-state index is -2.75. The number of hydrogen-bond acceptors (Lipinski definition) is 5. The summed E-state index contributed by atoms with van der Waals surface area (Å²) in [6.07, 6.45) is 0. The van der Waals surface area contributed by atoms with Crippen LogP contribution in [0.1, 0.15) is 34.6 Å². The van der Waals surface area contributed by atoms with Gasteiger partial charge in [-0.2, -0.15) is 0 Å². The SMILES string of the molecule is CC(C)=C(C(=O)OC(C)(C)C)[C@@](N)(O)C(=O)O. The summed E-state index contributed by atoms with van der Waals surface area (Å²) in [7, 11) is 0. The second-order valence-electron chi connectivity index (χ2n) is 4.95. The van der Waals surface area contributed by atoms with Crippen LogP contribution in [0.15, 0.2) is 11.1 Å². The fourth-order valence-electron chi connectivity index (χ4n) is 1.18. The monoisotopic (exact) mass is 245 g/mol. The Morgan fingerprint density at radius 2 is 1.59 bits per heavy atom. The van der Waals surface area contributed by atoms with Gasteiger partial charge in [-0.3, -0.25) is 5.73 Å². The Hall–Kier alpha value is -1.40. The third kappa shape index (κ3) is 4.16. The van der Waals surface area contributed by atoms with Gasteiger partial charge >= 0.3 is 11.9 Å². The molecule has 4 N–H and O–H groups in total. The van der Waals surface area contributed by atoms with E-state index in [1.54, 1.807) is 20.8 Å². The molecule has 0 amide bonds. The fourth-order valence-corrected chi connectivity index (χ4v) is 1.18. The van der Waals surface area contributed by atoms with Gasteiger partial charge in [0.05, 0.1) is 5.57 Å². The molecule has 6 nitrogen and oxygen atoms in total. The van der Waals surface area contributed by atoms with Crippen molar-refractivity contribution in [3.63, 3.8) is 0 Å². The van der Waals surface area contributed by atoms with Gasteiger partial charge in [0.15, 0.2) is 0 Å². The predicted molar refractivity (Wildman–Crippen MR) is 61.0 cm³/mol. The quantitative estimate of drug-likeness (QED) is 0.377. The third-order valence-corrected chi connectivity index (χ3v) is 1.81. The summed E-state index contributed by atoms with van der Waals surface area (Å²) in [6, 6.07) is 0. The first-order valence-corrected chi connectivity index (χ1v) is 5.05. The molecule has 17 heavy (non-hydrogen) atoms. The van der Waals surface area contributed by atoms with Crippen LogP contribution in [-0.2, 0) is 14.3 Å². The molecule has 0 aliphatic rings. The lowest BCUT2D eigenvalue weighted by Crippen LogP contribution is -2.52. The molecule has 0 aromatic rings. The molecule has 0 radical (unpaired) electrons. The first kappa shape index (κ1) is 15.6. The van der Waals surface area contributed by atoms with Crippen molar-refractivity contribution in [3.05, 3.63) is 11.1 Å². The predicted octanol–water partition coefficient (Wildman–Crippen LogP) is 0.396. The Morgan fingerprint density at radius 3 is 1.82 bits per heavy atom. The van der Waals surface area contributed by atoms with Gasteiger partial charge in [0, 0.05) is 0 Å². The molecular formula is C11H19NO5. The van der Waals surface area contributed by atoms with E-state index in [2.05, 4.69) is 0 Å². The third-order valence-electron chi connectivity index (χ3n) is 1.81. The van der Waals surface area contributed by atoms with Crippen molar-refractivity contribution in [1.82, 2.24) is 0 Å². The smallest absolute Gasteiger partial charge is 0.356 e. The molecule has 0 aromatic carbocycles. The summed E-state index contributed by atoms with van der Waals surface area (Å²) in [5.74, 6) is -2.65. The highest BCUT2D eigenvalue weighted by molar-refractivity contribution is 5.99. The molecule has 0 rings (SSSR count). The van der Waals surface area contributed by atoms with Gasteiger partial charge in [-0.15, -0.1) is 0 Å². The van der Waals surface area contributed by atoms with Crippen LogP contribution in [0.3, 0.4) is 0 Å². The van der Waals surface area contributed by atoms with Crippen LogP contribution >= 0.6 is 0 Å². The zero-order chi connectivity index (χ0) is 14.0. The molecule has 0 bridgehead atoms. The number of carbonyl (C=O) groups excluding carboxylic acids is 1. The molecule has 0 fully saturated rings. The van der Waals surface area contributed by atoms with Gasteiger partial charge in [-0.1, -0.05) is 5.57 Å². The number of carboxylic acid groups (broad SMARTS) is 1. The average molecular weight is 245 g/mol. The molecule has 0 aliphatic carbocycles. The standard InChI is InChI=1S/C11H19NO5/c1-6(2)7(11(12,16)9(14)15)8(13)17-10(3,4)5/h16H,12H2,1-5H3,(H,14,15)/t11-/m1/s1. The number of carboxylic acids is 1. The van der Waals surface area contributed by atoms with Crippen molar-refractivity contribution in [1.29, 1.82) is 0 Å². The zero-order valence-corrected chi connectivity index (χ0v) is 10.7. The van der Waals surface area contributed by atoms with E-state index in [0.29, 0.717) is 0 Å². The van der Waals surface area contributed by atoms with E-state index >= 15 is 0 Å². The molecule has 0 aliphatic heterocycles. The molecule has 0 unspecified atom stereocenters. The molecule has 1 atom stereocenters. The summed E-state index contributed by atoms with van der Waals surface area (Å²) in [4.78, 5) is 22.6. The molecule has 0 aromatic heterocycles. The van der Waals surface area contributed by atoms with Crippen LogP contribution in [0.4, 0.5) is 0 Å². The molecule has 0 saturated heterocycles. The Kier molecular flexibility index (Phi) is 4.45. The molecule has 0 heterocycles. The number of aliphatic hydroxyl groups is 1. The lowest BCUT2D eigenvalue weighted by Gasteiger charge is -2.26. The number of ether oxygens (including phenoxy) is 1. The zero-order valence-electron chi connectivity index (χ0n) is 10.7. The van der Waals surface area contributed by atoms with E-state index < -0.39 is 28.8 Å². The first-order valence-electron chi connectivity index (χ1n) is 5.05. The fraction of sp³-hybridized carbons (Fsp3) is 0.636. The maximum Gasteiger partial charge on any atom is 0.356 e. The number of rotatable bonds is 3. The number of hydrogen-bond donors (Lipinski definition) is 3. The number of carbonyl (C=O) groups is 2. The van der Waals surface area contributed by atoms with Crippen LogP contribution < -0.4 is 5.73 Å². The second kappa shape index (κ2) is 4.85. The summed E-state index contributed by atoms with van der Waals surface area (Å²) in [5.41, 5.74) is 1.50. The highest BCUT2D eigenvalue weighted by Gasteiger charge is 2.42. The lowest BCUT2D eigenvalue weighted by molar-refractivity contribution is -0.162. The van der Waals surface area contributed by atoms with Crippen molar-refractivity contribution in [2.24, 2.45) is 5.73 Å². The maximum absolute atomic E-state index is 11.8. The van der Waals surface area contributed by atoms with E-state index in [1.807, 2.05) is 0 Å². The Balaban J connectivity index is 5.39. The van der Waals surface area contributed by atoms with Gasteiger partial charge in [0.25, 0.3) is 0 Å². The van der Waals surface area contributed by atoms with Crippen LogP contribution in [0.25, 0.3) is 0 Å². The number of nitrogens with two attached hydrogens (primary N) is 1. The highest BCUT2D eigenvalue weighted by atomic mass is 16.6. The number of allylic oxidation sites excluding steroid dienone is 1. The largest absolute Gasteiger partial charge is 0.478 e. The van der Waals surface area contributed by atoms with Crippen LogP contribution in [0, 0.1) is 0 Å². The van der Waals surface area contributed by atoms with Gasteiger partial charge in [-0.05, 0) is 34.6 Å². The summed E-state index contributed by atoms with van der Waals surface area (Å²) in [5, 5.41) is 18.4. The van der Waals surface area contributed by atoms with E-state index in [4.69, 9.17) is 15.6 Å². The van der Waals surface area contributed by atoms with Crippen LogP contribution in [0.5, 0.6) is 0 Å². The summed E-state index contributed by atoms with van der Waals surface area (Å²) >= 11 is 0. The van der Waals surface area contributed by atoms with Crippen molar-refractivity contribution in [2.75, 3.05) is 0 Å². The molecule has 98 valence electrons. The number of esters is 1. The first-order chi connectivity index (χ1) is 7.39. The van der Waals surface area contributed by atoms with Crippen molar-refractivity contribution in [2.45, 2.75) is 45.9 Å². The maximum atomic E-state index is 11.8. The minimum Gasteiger partial charge on any atom is -0.478 e. The Bertz CT molecular complexity index is 359. The number of aliphatic carboxylic acids is 1. The Morgan fingerprint density at radius 1 is 1.18 bits per heavy atom. The van der Waals surface area contributed by atoms with E-state index in [1.165, 1.54) is 13.8 Å². The highest BCUT2D eigenvalue weighted by Crippen LogP contribution is 2.21. The topological polar surface area (TPSA) is 110 Å². The van der Waals surface area contributed by atoms with Crippen molar-refractivity contribution >= 4 is 11.9 Å². The molecular weight excluding hydrogens is 226 g/mol. The van der Waals surface area contributed by atoms with E-state index in [0.717, 1.165) is 0 Å². The van der Waals surface area contributed by atoms with Gasteiger partial charge < -0.3 is 14.9 Å². The van der Waals surface area contributed by atoms with Crippen LogP contribution in [-0.4, -0.2) is 33.5 Å². The van der Waals surface area contributed by atoms with E-state index in [9.17, 15) is 14.7 Å². The minimum absolute atomic E-state index is 0.284. The van der Waals surface area contributed by atoms with E-state index in [-0.39, 0.29) is 5.57 Å². The van der Waals surface area contributed by atoms with Crippen LogP contribution in [0.2, 0.25) is 0 Å². The van der Waals surface area contributed by atoms with Crippen molar-refractivity contribution < 1.29 is 24.5 Å². The Labute approximate surface area is 100 Å². The molecule has 6 heteroatoms. The lowest BCUT2D eigenvalue weighted by atomic mass is 9.99. The summed E-state index contributed by atoms with van der Waals surface area (Å²) in [6.45, 7) is 7.83. The second-order valence-corrected chi connectivity index (χ2v) is 4.95. The van der Waals surface area contributed by atoms with Gasteiger partial charge in [0.2, 0.25) is 5.72 Å². The van der Waals surface area contributed by atoms with Gasteiger partial charge in [-0.25, -0.2) is 9.59 Å². The van der Waals surface area contributed by atoms with Crippen molar-refractivity contribution in [3.8, 4) is 0 Å². The summed E-state index contributed by atoms with van der Waals surface area (Å²) < 4.78 is 5.00. The van der Waals surface area contributed by atoms with Gasteiger partial charge in [0.1, 0.15) is 5.60 Å². The molecule has 0 saturated carbocycles. The molecule has 0 spiro atoms. The normalized spacial score (nSPS) is 14.8. The average Bonchev–Trinajstić information content (AvgIpc) is 1.97.